The zero-order valence-corrected chi connectivity index (χ0v) is 23.1. The molecule has 4 heteroatoms. The van der Waals surface area contributed by atoms with Crippen molar-refractivity contribution in [2.45, 2.75) is 20.3 Å². The number of furan rings is 1. The lowest BCUT2D eigenvalue weighted by Crippen LogP contribution is -1.92. The lowest BCUT2D eigenvalue weighted by molar-refractivity contribution is 0.648. The van der Waals surface area contributed by atoms with Crippen LogP contribution in [0.1, 0.15) is 19.4 Å². The van der Waals surface area contributed by atoms with Gasteiger partial charge in [-0.25, -0.2) is 9.97 Å². The van der Waals surface area contributed by atoms with Crippen molar-refractivity contribution in [2.24, 2.45) is 5.92 Å². The highest BCUT2D eigenvalue weighted by molar-refractivity contribution is 7.26. The number of hydrogen-bond acceptors (Lipinski definition) is 4. The van der Waals surface area contributed by atoms with Gasteiger partial charge in [0.1, 0.15) is 11.1 Å². The molecule has 0 aliphatic carbocycles. The monoisotopic (exact) mass is 534 g/mol. The van der Waals surface area contributed by atoms with Gasteiger partial charge in [0.05, 0.1) is 11.0 Å². The number of aromatic nitrogens is 2. The van der Waals surface area contributed by atoms with Crippen LogP contribution in [-0.4, -0.2) is 9.97 Å². The SMILES string of the molecule is CC(C)Cc1ccc2sc3c(-c4cccc(-c5ccc6oc7nc8ccccc8nc7c6c5)c4)cccc3c2c1. The molecule has 0 fully saturated rings. The molecule has 8 aromatic rings. The van der Waals surface area contributed by atoms with Gasteiger partial charge in [0.25, 0.3) is 0 Å². The van der Waals surface area contributed by atoms with Gasteiger partial charge in [-0.15, -0.1) is 11.3 Å². The molecule has 0 amide bonds. The Hall–Kier alpha value is -4.54. The minimum Gasteiger partial charge on any atom is -0.436 e. The van der Waals surface area contributed by atoms with Crippen LogP contribution >= 0.6 is 11.3 Å². The van der Waals surface area contributed by atoms with Gasteiger partial charge >= 0.3 is 0 Å². The standard InChI is InChI=1S/C36H26N2OS/c1-21(2)17-22-13-16-33-28(18-22)27-10-6-9-26(35(27)40-33)25-8-5-7-23(19-25)24-14-15-32-29(20-24)34-36(39-32)38-31-12-4-3-11-30(31)37-34/h3-16,18-21H,17H2,1-2H3. The van der Waals surface area contributed by atoms with Crippen molar-refractivity contribution in [1.82, 2.24) is 9.97 Å². The first-order chi connectivity index (χ1) is 19.6. The van der Waals surface area contributed by atoms with Gasteiger partial charge < -0.3 is 4.42 Å². The van der Waals surface area contributed by atoms with Gasteiger partial charge in [-0.1, -0.05) is 74.5 Å². The molecule has 0 unspecified atom stereocenters. The number of rotatable bonds is 4. The van der Waals surface area contributed by atoms with Crippen LogP contribution in [0.5, 0.6) is 0 Å². The molecule has 0 saturated carbocycles. The fourth-order valence-electron chi connectivity index (χ4n) is 5.86. The molecule has 8 rings (SSSR count). The summed E-state index contributed by atoms with van der Waals surface area (Å²) in [5.41, 5.74) is 10.1. The summed E-state index contributed by atoms with van der Waals surface area (Å²) in [6, 6.07) is 36.8. The molecule has 0 atom stereocenters. The Morgan fingerprint density at radius 2 is 1.48 bits per heavy atom. The molecule has 0 bridgehead atoms. The van der Waals surface area contributed by atoms with E-state index in [2.05, 4.69) is 86.6 Å². The number of benzene rings is 5. The minimum atomic E-state index is 0.576. The van der Waals surface area contributed by atoms with E-state index in [1.165, 1.54) is 42.4 Å². The lowest BCUT2D eigenvalue weighted by atomic mass is 9.96. The van der Waals surface area contributed by atoms with Crippen molar-refractivity contribution in [2.75, 3.05) is 0 Å². The number of para-hydroxylation sites is 2. The first-order valence-corrected chi connectivity index (χ1v) is 14.6. The van der Waals surface area contributed by atoms with E-state index < -0.39 is 0 Å². The molecule has 40 heavy (non-hydrogen) atoms. The molecule has 3 heterocycles. The zero-order valence-electron chi connectivity index (χ0n) is 22.3. The fraction of sp³-hybridized carbons (Fsp3) is 0.111. The molecule has 3 aromatic heterocycles. The number of thiophene rings is 1. The third kappa shape index (κ3) is 3.79. The first-order valence-electron chi connectivity index (χ1n) is 13.7. The van der Waals surface area contributed by atoms with Crippen LogP contribution in [0.25, 0.3) is 75.7 Å². The average molecular weight is 535 g/mol. The van der Waals surface area contributed by atoms with Crippen molar-refractivity contribution in [3.8, 4) is 22.3 Å². The van der Waals surface area contributed by atoms with E-state index in [-0.39, 0.29) is 0 Å². The van der Waals surface area contributed by atoms with Gasteiger partial charge in [-0.2, -0.15) is 0 Å². The second kappa shape index (κ2) is 9.00. The molecule has 0 spiro atoms. The molecule has 0 radical (unpaired) electrons. The zero-order chi connectivity index (χ0) is 26.8. The Morgan fingerprint density at radius 1 is 0.675 bits per heavy atom. The maximum absolute atomic E-state index is 6.08. The Bertz CT molecular complexity index is 2240. The summed E-state index contributed by atoms with van der Waals surface area (Å²) in [4.78, 5) is 9.60. The van der Waals surface area contributed by atoms with Crippen LogP contribution in [0.2, 0.25) is 0 Å². The summed E-state index contributed by atoms with van der Waals surface area (Å²) in [5, 5.41) is 3.69. The van der Waals surface area contributed by atoms with Crippen molar-refractivity contribution in [3.05, 3.63) is 109 Å². The van der Waals surface area contributed by atoms with Crippen molar-refractivity contribution in [1.29, 1.82) is 0 Å². The Labute approximate surface area is 235 Å². The highest BCUT2D eigenvalue weighted by Crippen LogP contribution is 2.41. The highest BCUT2D eigenvalue weighted by atomic mass is 32.1. The van der Waals surface area contributed by atoms with Crippen LogP contribution in [0.4, 0.5) is 0 Å². The van der Waals surface area contributed by atoms with Crippen LogP contribution in [0, 0.1) is 5.92 Å². The summed E-state index contributed by atoms with van der Waals surface area (Å²) >= 11 is 1.89. The van der Waals surface area contributed by atoms with Crippen LogP contribution in [0.15, 0.2) is 108 Å². The molecule has 3 nitrogen and oxygen atoms in total. The van der Waals surface area contributed by atoms with E-state index in [1.807, 2.05) is 41.7 Å². The van der Waals surface area contributed by atoms with Crippen molar-refractivity contribution in [3.63, 3.8) is 0 Å². The third-order valence-corrected chi connectivity index (χ3v) is 8.91. The van der Waals surface area contributed by atoms with Gasteiger partial charge in [0.2, 0.25) is 5.71 Å². The molecule has 5 aromatic carbocycles. The molecular formula is C36H26N2OS. The number of hydrogen-bond donors (Lipinski definition) is 0. The minimum absolute atomic E-state index is 0.576. The summed E-state index contributed by atoms with van der Waals surface area (Å²) in [7, 11) is 0. The summed E-state index contributed by atoms with van der Waals surface area (Å²) in [6.07, 6.45) is 1.10. The predicted octanol–water partition coefficient (Wildman–Crippen LogP) is 10.4. The van der Waals surface area contributed by atoms with Crippen LogP contribution in [0.3, 0.4) is 0 Å². The average Bonchev–Trinajstić information content (AvgIpc) is 3.52. The van der Waals surface area contributed by atoms with Gasteiger partial charge in [0, 0.05) is 25.6 Å². The molecule has 0 N–H and O–H groups in total. The van der Waals surface area contributed by atoms with E-state index in [0.717, 1.165) is 39.5 Å². The molecular weight excluding hydrogens is 508 g/mol. The van der Waals surface area contributed by atoms with E-state index in [4.69, 9.17) is 14.4 Å². The maximum Gasteiger partial charge on any atom is 0.246 e. The Morgan fingerprint density at radius 3 is 2.35 bits per heavy atom. The predicted molar refractivity (Wildman–Crippen MR) is 169 cm³/mol. The van der Waals surface area contributed by atoms with Crippen molar-refractivity contribution < 1.29 is 4.42 Å². The summed E-state index contributed by atoms with van der Waals surface area (Å²) < 4.78 is 8.77. The van der Waals surface area contributed by atoms with Crippen LogP contribution < -0.4 is 0 Å². The number of nitrogens with zero attached hydrogens (tertiary/aromatic N) is 2. The molecule has 192 valence electrons. The third-order valence-electron chi connectivity index (χ3n) is 7.69. The van der Waals surface area contributed by atoms with E-state index in [0.29, 0.717) is 11.6 Å². The van der Waals surface area contributed by atoms with E-state index >= 15 is 0 Å². The van der Waals surface area contributed by atoms with Crippen LogP contribution in [-0.2, 0) is 6.42 Å². The topological polar surface area (TPSA) is 38.9 Å². The summed E-state index contributed by atoms with van der Waals surface area (Å²) in [6.45, 7) is 4.56. The van der Waals surface area contributed by atoms with Crippen molar-refractivity contribution >= 4 is 64.7 Å². The normalized spacial score (nSPS) is 12.1. The van der Waals surface area contributed by atoms with Gasteiger partial charge in [-0.3, -0.25) is 0 Å². The number of fused-ring (bicyclic) bond motifs is 7. The smallest absolute Gasteiger partial charge is 0.246 e. The molecule has 0 aliphatic heterocycles. The molecule has 0 saturated heterocycles. The largest absolute Gasteiger partial charge is 0.436 e. The first kappa shape index (κ1) is 23.4. The second-order valence-corrected chi connectivity index (χ2v) is 12.0. The molecule has 0 aliphatic rings. The lowest BCUT2D eigenvalue weighted by Gasteiger charge is -2.08. The van der Waals surface area contributed by atoms with Gasteiger partial charge in [-0.05, 0) is 82.6 Å². The Kier molecular flexibility index (Phi) is 5.26. The maximum atomic E-state index is 6.08. The van der Waals surface area contributed by atoms with E-state index in [9.17, 15) is 0 Å². The van der Waals surface area contributed by atoms with E-state index in [1.54, 1.807) is 0 Å². The van der Waals surface area contributed by atoms with Gasteiger partial charge in [0.15, 0.2) is 0 Å². The second-order valence-electron chi connectivity index (χ2n) is 11.0. The quantitative estimate of drug-likeness (QED) is 0.225. The Balaban J connectivity index is 1.25. The summed E-state index contributed by atoms with van der Waals surface area (Å²) in [5.74, 6) is 0.645. The fourth-order valence-corrected chi connectivity index (χ4v) is 7.07. The highest BCUT2D eigenvalue weighted by Gasteiger charge is 2.15.